The van der Waals surface area contributed by atoms with E-state index in [9.17, 15) is 4.79 Å². The van der Waals surface area contributed by atoms with Crippen molar-refractivity contribution in [3.05, 3.63) is 40.7 Å². The topological polar surface area (TPSA) is 63.9 Å². The summed E-state index contributed by atoms with van der Waals surface area (Å²) in [6, 6.07) is 8.28. The summed E-state index contributed by atoms with van der Waals surface area (Å²) in [4.78, 5) is 19.8. The van der Waals surface area contributed by atoms with E-state index in [4.69, 9.17) is 0 Å². The van der Waals surface area contributed by atoms with Crippen LogP contribution in [0, 0.1) is 19.8 Å². The first-order valence-corrected chi connectivity index (χ1v) is 9.41. The number of benzene rings is 1. The van der Waals surface area contributed by atoms with E-state index in [0.717, 1.165) is 49.5 Å². The molecule has 0 unspecified atom stereocenters. The second-order valence-electron chi connectivity index (χ2n) is 6.68. The molecule has 3 aromatic rings. The molecule has 0 radical (unpaired) electrons. The molecular formula is C18H21N5OS. The fraction of sp³-hybridized carbons (Fsp3) is 0.444. The van der Waals surface area contributed by atoms with Gasteiger partial charge in [-0.3, -0.25) is 4.79 Å². The van der Waals surface area contributed by atoms with Crippen LogP contribution >= 0.6 is 11.5 Å². The van der Waals surface area contributed by atoms with E-state index >= 15 is 0 Å². The Kier molecular flexibility index (Phi) is 4.25. The fourth-order valence-corrected chi connectivity index (χ4v) is 4.20. The zero-order chi connectivity index (χ0) is 17.4. The zero-order valence-electron chi connectivity index (χ0n) is 14.5. The van der Waals surface area contributed by atoms with Gasteiger partial charge in [0.2, 0.25) is 0 Å². The molecule has 0 aliphatic carbocycles. The molecule has 2 aromatic heterocycles. The summed E-state index contributed by atoms with van der Waals surface area (Å²) < 4.78 is 6.19. The van der Waals surface area contributed by atoms with Gasteiger partial charge in [-0.05, 0) is 56.3 Å². The van der Waals surface area contributed by atoms with Crippen LogP contribution in [0.3, 0.4) is 0 Å². The maximum absolute atomic E-state index is 12.6. The standard InChI is InChI=1S/C18H21N5OS/c1-12-17(25-21-20-12)18(24)22-9-7-14(8-10-22)11-23-13(2)19-15-5-3-4-6-16(15)23/h3-6,14H,7-11H2,1-2H3. The Labute approximate surface area is 150 Å². The molecule has 1 aromatic carbocycles. The number of likely N-dealkylation sites (tertiary alicyclic amines) is 1. The third kappa shape index (κ3) is 3.04. The van der Waals surface area contributed by atoms with Crippen LogP contribution in [-0.4, -0.2) is 43.0 Å². The molecule has 1 fully saturated rings. The number of aryl methyl sites for hydroxylation is 2. The molecule has 0 spiro atoms. The SMILES string of the molecule is Cc1nnsc1C(=O)N1CCC(Cn2c(C)nc3ccccc32)CC1. The van der Waals surface area contributed by atoms with E-state index in [1.807, 2.05) is 17.9 Å². The lowest BCUT2D eigenvalue weighted by atomic mass is 9.96. The van der Waals surface area contributed by atoms with Gasteiger partial charge >= 0.3 is 0 Å². The molecule has 6 nitrogen and oxygen atoms in total. The number of hydrogen-bond acceptors (Lipinski definition) is 5. The highest BCUT2D eigenvalue weighted by Gasteiger charge is 2.26. The van der Waals surface area contributed by atoms with E-state index in [0.29, 0.717) is 10.8 Å². The van der Waals surface area contributed by atoms with Gasteiger partial charge in [0.15, 0.2) is 0 Å². The Bertz CT molecular complexity index is 907. The lowest BCUT2D eigenvalue weighted by Gasteiger charge is -2.32. The molecule has 0 bridgehead atoms. The van der Waals surface area contributed by atoms with E-state index in [-0.39, 0.29) is 5.91 Å². The van der Waals surface area contributed by atoms with Gasteiger partial charge < -0.3 is 9.47 Å². The Hall–Kier alpha value is -2.28. The number of imidazole rings is 1. The second-order valence-corrected chi connectivity index (χ2v) is 7.44. The summed E-state index contributed by atoms with van der Waals surface area (Å²) in [5, 5.41) is 3.95. The highest BCUT2D eigenvalue weighted by molar-refractivity contribution is 7.07. The van der Waals surface area contributed by atoms with Crippen molar-refractivity contribution in [2.45, 2.75) is 33.2 Å². The molecule has 3 heterocycles. The third-order valence-electron chi connectivity index (χ3n) is 5.03. The molecule has 7 heteroatoms. The summed E-state index contributed by atoms with van der Waals surface area (Å²) in [6.45, 7) is 6.48. The van der Waals surface area contributed by atoms with Crippen molar-refractivity contribution in [1.82, 2.24) is 24.0 Å². The van der Waals surface area contributed by atoms with Crippen LogP contribution in [0.25, 0.3) is 11.0 Å². The van der Waals surface area contributed by atoms with E-state index in [1.165, 1.54) is 17.0 Å². The largest absolute Gasteiger partial charge is 0.338 e. The number of carbonyl (C=O) groups excluding carboxylic acids is 1. The molecule has 4 rings (SSSR count). The summed E-state index contributed by atoms with van der Waals surface area (Å²) in [7, 11) is 0. The Morgan fingerprint density at radius 3 is 2.72 bits per heavy atom. The van der Waals surface area contributed by atoms with Crippen molar-refractivity contribution in [3.63, 3.8) is 0 Å². The minimum Gasteiger partial charge on any atom is -0.338 e. The molecular weight excluding hydrogens is 334 g/mol. The molecule has 0 saturated carbocycles. The fourth-order valence-electron chi connectivity index (χ4n) is 3.57. The average molecular weight is 355 g/mol. The first kappa shape index (κ1) is 16.2. The summed E-state index contributed by atoms with van der Waals surface area (Å²) >= 11 is 1.19. The van der Waals surface area contributed by atoms with Gasteiger partial charge in [-0.25, -0.2) is 4.98 Å². The average Bonchev–Trinajstić information content (AvgIpc) is 3.19. The lowest BCUT2D eigenvalue weighted by molar-refractivity contribution is 0.0687. The number of fused-ring (bicyclic) bond motifs is 1. The molecule has 0 N–H and O–H groups in total. The smallest absolute Gasteiger partial charge is 0.267 e. The third-order valence-corrected chi connectivity index (χ3v) is 5.85. The molecule has 1 aliphatic heterocycles. The predicted octanol–water partition coefficient (Wildman–Crippen LogP) is 3.06. The van der Waals surface area contributed by atoms with Crippen molar-refractivity contribution in [1.29, 1.82) is 0 Å². The maximum atomic E-state index is 12.6. The number of nitrogens with zero attached hydrogens (tertiary/aromatic N) is 5. The van der Waals surface area contributed by atoms with Crippen LogP contribution in [0.1, 0.15) is 34.0 Å². The molecule has 1 aliphatic rings. The van der Waals surface area contributed by atoms with Crippen molar-refractivity contribution in [2.24, 2.45) is 5.92 Å². The van der Waals surface area contributed by atoms with Crippen LogP contribution in [0.15, 0.2) is 24.3 Å². The van der Waals surface area contributed by atoms with Crippen molar-refractivity contribution in [3.8, 4) is 0 Å². The van der Waals surface area contributed by atoms with Gasteiger partial charge in [0.25, 0.3) is 5.91 Å². The summed E-state index contributed by atoms with van der Waals surface area (Å²) in [5.74, 6) is 1.71. The monoisotopic (exact) mass is 355 g/mol. The predicted molar refractivity (Wildman–Crippen MR) is 97.7 cm³/mol. The van der Waals surface area contributed by atoms with Gasteiger partial charge in [0.05, 0.1) is 16.7 Å². The number of piperidine rings is 1. The van der Waals surface area contributed by atoms with Crippen LogP contribution in [0.2, 0.25) is 0 Å². The van der Waals surface area contributed by atoms with Crippen molar-refractivity contribution in [2.75, 3.05) is 13.1 Å². The number of amides is 1. The van der Waals surface area contributed by atoms with Crippen LogP contribution in [0.5, 0.6) is 0 Å². The van der Waals surface area contributed by atoms with Gasteiger partial charge in [-0.1, -0.05) is 16.6 Å². The molecule has 25 heavy (non-hydrogen) atoms. The Balaban J connectivity index is 1.43. The minimum absolute atomic E-state index is 0.0789. The summed E-state index contributed by atoms with van der Waals surface area (Å²) in [6.07, 6.45) is 2.03. The van der Waals surface area contributed by atoms with E-state index in [2.05, 4.69) is 44.3 Å². The van der Waals surface area contributed by atoms with Crippen LogP contribution in [-0.2, 0) is 6.54 Å². The Morgan fingerprint density at radius 1 is 1.24 bits per heavy atom. The van der Waals surface area contributed by atoms with Crippen LogP contribution < -0.4 is 0 Å². The van der Waals surface area contributed by atoms with E-state index in [1.54, 1.807) is 0 Å². The van der Waals surface area contributed by atoms with Crippen molar-refractivity contribution >= 4 is 28.5 Å². The number of rotatable bonds is 3. The summed E-state index contributed by atoms with van der Waals surface area (Å²) in [5.41, 5.74) is 2.99. The number of carbonyl (C=O) groups is 1. The molecule has 0 atom stereocenters. The van der Waals surface area contributed by atoms with Crippen LogP contribution in [0.4, 0.5) is 0 Å². The first-order chi connectivity index (χ1) is 12.1. The van der Waals surface area contributed by atoms with Gasteiger partial charge in [-0.2, -0.15) is 0 Å². The quantitative estimate of drug-likeness (QED) is 0.724. The maximum Gasteiger partial charge on any atom is 0.267 e. The normalized spacial score (nSPS) is 15.8. The van der Waals surface area contributed by atoms with Gasteiger partial charge in [-0.15, -0.1) is 5.10 Å². The highest BCUT2D eigenvalue weighted by atomic mass is 32.1. The lowest BCUT2D eigenvalue weighted by Crippen LogP contribution is -2.39. The first-order valence-electron chi connectivity index (χ1n) is 8.63. The number of aromatic nitrogens is 4. The number of hydrogen-bond donors (Lipinski definition) is 0. The molecule has 1 saturated heterocycles. The number of para-hydroxylation sites is 2. The molecule has 1 amide bonds. The zero-order valence-corrected chi connectivity index (χ0v) is 15.3. The van der Waals surface area contributed by atoms with Gasteiger partial charge in [0.1, 0.15) is 10.7 Å². The minimum atomic E-state index is 0.0789. The second kappa shape index (κ2) is 6.55. The van der Waals surface area contributed by atoms with Crippen molar-refractivity contribution < 1.29 is 4.79 Å². The molecule has 130 valence electrons. The Morgan fingerprint density at radius 2 is 2.00 bits per heavy atom. The highest BCUT2D eigenvalue weighted by Crippen LogP contribution is 2.25. The van der Waals surface area contributed by atoms with E-state index < -0.39 is 0 Å². The van der Waals surface area contributed by atoms with Gasteiger partial charge in [0, 0.05) is 19.6 Å².